The van der Waals surface area contributed by atoms with E-state index in [2.05, 4.69) is 0 Å². The maximum absolute atomic E-state index is 11.9. The zero-order valence-electron chi connectivity index (χ0n) is 15.9. The molecule has 0 saturated heterocycles. The first-order chi connectivity index (χ1) is 14.1. The summed E-state index contributed by atoms with van der Waals surface area (Å²) in [5.74, 6) is -1.26. The summed E-state index contributed by atoms with van der Waals surface area (Å²) in [5.41, 5.74) is 0.380. The lowest BCUT2D eigenvalue weighted by molar-refractivity contribution is -0.152. The first kappa shape index (κ1) is 22.1. The Balaban J connectivity index is 1.86. The molecule has 6 heteroatoms. The van der Waals surface area contributed by atoms with Gasteiger partial charge in [0, 0.05) is 12.2 Å². The zero-order valence-corrected chi connectivity index (χ0v) is 15.9. The van der Waals surface area contributed by atoms with Crippen LogP contribution in [0.3, 0.4) is 0 Å². The molecule has 6 nitrogen and oxygen atoms in total. The van der Waals surface area contributed by atoms with Crippen molar-refractivity contribution in [3.8, 4) is 0 Å². The molecule has 0 spiro atoms. The molecule has 2 aromatic rings. The van der Waals surface area contributed by atoms with Crippen molar-refractivity contribution in [2.75, 3.05) is 26.4 Å². The van der Waals surface area contributed by atoms with Crippen LogP contribution in [0, 0.1) is 5.41 Å². The molecule has 0 aliphatic heterocycles. The van der Waals surface area contributed by atoms with E-state index in [-0.39, 0.29) is 13.2 Å². The molecule has 2 aromatic carbocycles. The predicted molar refractivity (Wildman–Crippen MR) is 109 cm³/mol. The second-order valence-corrected chi connectivity index (χ2v) is 6.52. The van der Waals surface area contributed by atoms with E-state index in [9.17, 15) is 19.8 Å². The fourth-order valence-electron chi connectivity index (χ4n) is 2.28. The maximum atomic E-state index is 11.9. The van der Waals surface area contributed by atoms with Crippen LogP contribution in [0.5, 0.6) is 0 Å². The summed E-state index contributed by atoms with van der Waals surface area (Å²) in [6.45, 7) is -1.63. The average Bonchev–Trinajstić information content (AvgIpc) is 2.78. The number of rotatable bonds is 10. The third-order valence-electron chi connectivity index (χ3n) is 4.13. The van der Waals surface area contributed by atoms with Gasteiger partial charge in [-0.3, -0.25) is 0 Å². The normalized spacial score (nSPS) is 11.7. The Hall–Kier alpha value is -3.22. The maximum Gasteiger partial charge on any atom is 0.330 e. The fraction of sp³-hybridized carbons (Fsp3) is 0.217. The summed E-state index contributed by atoms with van der Waals surface area (Å²) in [5, 5.41) is 19.3. The van der Waals surface area contributed by atoms with Gasteiger partial charge in [-0.05, 0) is 23.3 Å². The smallest absolute Gasteiger partial charge is 0.330 e. The molecule has 29 heavy (non-hydrogen) atoms. The van der Waals surface area contributed by atoms with Gasteiger partial charge in [-0.2, -0.15) is 0 Å². The van der Waals surface area contributed by atoms with Gasteiger partial charge in [-0.1, -0.05) is 60.7 Å². The number of aliphatic hydroxyl groups excluding tert-OH is 2. The molecule has 0 aromatic heterocycles. The van der Waals surface area contributed by atoms with Gasteiger partial charge in [0.05, 0.1) is 18.6 Å². The Bertz CT molecular complexity index is 755. The molecule has 0 atom stereocenters. The molecule has 0 amide bonds. The minimum Gasteiger partial charge on any atom is -0.462 e. The summed E-state index contributed by atoms with van der Waals surface area (Å²) in [4.78, 5) is 23.8. The number of ether oxygens (including phenoxy) is 2. The molecule has 2 N–H and O–H groups in total. The van der Waals surface area contributed by atoms with E-state index in [0.717, 1.165) is 11.1 Å². The highest BCUT2D eigenvalue weighted by atomic mass is 16.5. The van der Waals surface area contributed by atoms with Crippen LogP contribution < -0.4 is 0 Å². The molecular weight excluding hydrogens is 372 g/mol. The summed E-state index contributed by atoms with van der Waals surface area (Å²) in [6.07, 6.45) is 5.69. The molecule has 0 saturated carbocycles. The van der Waals surface area contributed by atoms with Crippen molar-refractivity contribution in [3.05, 3.63) is 83.9 Å². The van der Waals surface area contributed by atoms with Crippen molar-refractivity contribution in [1.29, 1.82) is 0 Å². The van der Waals surface area contributed by atoms with Gasteiger partial charge >= 0.3 is 11.9 Å². The van der Waals surface area contributed by atoms with Crippen LogP contribution in [0.15, 0.2) is 72.8 Å². The molecule has 0 aliphatic carbocycles. The minimum atomic E-state index is -1.29. The Morgan fingerprint density at radius 1 is 0.724 bits per heavy atom. The SMILES string of the molecule is O=C(C=Cc1ccccc1)OCC(CO)(CO)COC(=O)C=Cc1ccccc1. The van der Waals surface area contributed by atoms with Gasteiger partial charge in [0.2, 0.25) is 0 Å². The standard InChI is InChI=1S/C23H24O6/c24-15-23(16-25,17-28-21(26)13-11-19-7-3-1-4-8-19)18-29-22(27)14-12-20-9-5-2-6-10-20/h1-14,24-25H,15-18H2. The van der Waals surface area contributed by atoms with Crippen LogP contribution in [0.2, 0.25) is 0 Å². The first-order valence-corrected chi connectivity index (χ1v) is 9.08. The van der Waals surface area contributed by atoms with E-state index in [1.165, 1.54) is 12.2 Å². The van der Waals surface area contributed by atoms with Crippen molar-refractivity contribution < 1.29 is 29.3 Å². The number of aliphatic hydroxyl groups is 2. The van der Waals surface area contributed by atoms with Crippen LogP contribution in [0.4, 0.5) is 0 Å². The lowest BCUT2D eigenvalue weighted by Crippen LogP contribution is -2.40. The van der Waals surface area contributed by atoms with Crippen molar-refractivity contribution in [3.63, 3.8) is 0 Å². The van der Waals surface area contributed by atoms with Crippen molar-refractivity contribution in [2.24, 2.45) is 5.41 Å². The van der Waals surface area contributed by atoms with Crippen LogP contribution in [-0.4, -0.2) is 48.6 Å². The molecular formula is C23H24O6. The molecule has 0 unspecified atom stereocenters. The Morgan fingerprint density at radius 3 is 1.45 bits per heavy atom. The summed E-state index contributed by atoms with van der Waals surface area (Å²) in [7, 11) is 0. The van der Waals surface area contributed by atoms with Crippen molar-refractivity contribution in [1.82, 2.24) is 0 Å². The van der Waals surface area contributed by atoms with Gasteiger partial charge in [0.15, 0.2) is 0 Å². The van der Waals surface area contributed by atoms with E-state index in [1.54, 1.807) is 12.2 Å². The molecule has 0 aliphatic rings. The van der Waals surface area contributed by atoms with E-state index in [1.807, 2.05) is 60.7 Å². The topological polar surface area (TPSA) is 93.1 Å². The van der Waals surface area contributed by atoms with Gasteiger partial charge < -0.3 is 19.7 Å². The largest absolute Gasteiger partial charge is 0.462 e. The van der Waals surface area contributed by atoms with E-state index < -0.39 is 30.6 Å². The van der Waals surface area contributed by atoms with Crippen LogP contribution in [0.1, 0.15) is 11.1 Å². The van der Waals surface area contributed by atoms with Crippen LogP contribution >= 0.6 is 0 Å². The van der Waals surface area contributed by atoms with Crippen LogP contribution in [0.25, 0.3) is 12.2 Å². The first-order valence-electron chi connectivity index (χ1n) is 9.08. The quantitative estimate of drug-likeness (QED) is 0.473. The van der Waals surface area contributed by atoms with Gasteiger partial charge in [0.25, 0.3) is 0 Å². The van der Waals surface area contributed by atoms with Gasteiger partial charge in [-0.15, -0.1) is 0 Å². The fourth-order valence-corrected chi connectivity index (χ4v) is 2.28. The van der Waals surface area contributed by atoms with E-state index in [4.69, 9.17) is 9.47 Å². The number of hydrogen-bond donors (Lipinski definition) is 2. The lowest BCUT2D eigenvalue weighted by Gasteiger charge is -2.28. The third-order valence-corrected chi connectivity index (χ3v) is 4.13. The van der Waals surface area contributed by atoms with Gasteiger partial charge in [0.1, 0.15) is 13.2 Å². The number of esters is 2. The molecule has 0 heterocycles. The number of benzene rings is 2. The zero-order chi connectivity index (χ0) is 21.0. The average molecular weight is 396 g/mol. The molecule has 152 valence electrons. The molecule has 0 bridgehead atoms. The molecule has 0 fully saturated rings. The Labute approximate surface area is 169 Å². The molecule has 0 radical (unpaired) electrons. The number of hydrogen-bond acceptors (Lipinski definition) is 6. The lowest BCUT2D eigenvalue weighted by atomic mass is 9.92. The summed E-state index contributed by atoms with van der Waals surface area (Å²) < 4.78 is 10.2. The summed E-state index contributed by atoms with van der Waals surface area (Å²) in [6, 6.07) is 18.4. The Morgan fingerprint density at radius 2 is 1.10 bits per heavy atom. The predicted octanol–water partition coefficient (Wildman–Crippen LogP) is 2.47. The highest BCUT2D eigenvalue weighted by Crippen LogP contribution is 2.18. The minimum absolute atomic E-state index is 0.298. The number of carbonyl (C=O) groups is 2. The monoisotopic (exact) mass is 396 g/mol. The second-order valence-electron chi connectivity index (χ2n) is 6.52. The van der Waals surface area contributed by atoms with E-state index in [0.29, 0.717) is 0 Å². The third kappa shape index (κ3) is 7.73. The second kappa shape index (κ2) is 11.6. The Kier molecular flexibility index (Phi) is 8.82. The van der Waals surface area contributed by atoms with Crippen LogP contribution in [-0.2, 0) is 19.1 Å². The highest BCUT2D eigenvalue weighted by Gasteiger charge is 2.32. The van der Waals surface area contributed by atoms with E-state index >= 15 is 0 Å². The highest BCUT2D eigenvalue weighted by molar-refractivity contribution is 5.87. The molecule has 2 rings (SSSR count). The van der Waals surface area contributed by atoms with Crippen molar-refractivity contribution in [2.45, 2.75) is 0 Å². The number of carbonyl (C=O) groups excluding carboxylic acids is 2. The van der Waals surface area contributed by atoms with Gasteiger partial charge in [-0.25, -0.2) is 9.59 Å². The summed E-state index contributed by atoms with van der Waals surface area (Å²) >= 11 is 0. The van der Waals surface area contributed by atoms with Crippen molar-refractivity contribution >= 4 is 24.1 Å².